The maximum atomic E-state index is 13.1. The molecule has 4 rings (SSSR count). The number of nitrogens with zero attached hydrogens (tertiary/aromatic N) is 3. The Labute approximate surface area is 259 Å². The number of benzene rings is 2. The van der Waals surface area contributed by atoms with E-state index in [1.165, 1.54) is 67.3 Å². The molecule has 0 saturated carbocycles. The van der Waals surface area contributed by atoms with Gasteiger partial charge in [-0.3, -0.25) is 25.0 Å². The summed E-state index contributed by atoms with van der Waals surface area (Å²) < 4.78 is 15.7. The lowest BCUT2D eigenvalue weighted by atomic mass is 9.76. The van der Waals surface area contributed by atoms with Gasteiger partial charge in [-0.15, -0.1) is 11.8 Å². The van der Waals surface area contributed by atoms with E-state index in [1.54, 1.807) is 0 Å². The van der Waals surface area contributed by atoms with Crippen LogP contribution in [0, 0.1) is 26.1 Å². The molecule has 0 unspecified atom stereocenters. The number of ether oxygens (including phenoxy) is 3. The molecule has 1 saturated heterocycles. The third-order valence-electron chi connectivity index (χ3n) is 7.09. The third kappa shape index (κ3) is 7.67. The second-order valence-electron chi connectivity index (χ2n) is 10.5. The number of fused-ring (bicyclic) bond motifs is 1. The number of aliphatic carboxylic acids is 1. The Hall–Kier alpha value is -5.19. The molecule has 0 radical (unpaired) electrons. The van der Waals surface area contributed by atoms with Gasteiger partial charge in [0.15, 0.2) is 0 Å². The van der Waals surface area contributed by atoms with Crippen molar-refractivity contribution in [1.29, 1.82) is 0 Å². The summed E-state index contributed by atoms with van der Waals surface area (Å²) in [6.45, 7) is 2.85. The smallest absolute Gasteiger partial charge is 0.477 e. The first-order chi connectivity index (χ1) is 21.3. The van der Waals surface area contributed by atoms with Crippen LogP contribution in [0.1, 0.15) is 31.4 Å². The van der Waals surface area contributed by atoms with Gasteiger partial charge in [0, 0.05) is 47.9 Å². The van der Waals surface area contributed by atoms with Crippen LogP contribution < -0.4 is 5.32 Å². The summed E-state index contributed by atoms with van der Waals surface area (Å²) in [5.74, 6) is -2.38. The van der Waals surface area contributed by atoms with Crippen LogP contribution in [0.25, 0.3) is 0 Å². The minimum absolute atomic E-state index is 0.0876. The van der Waals surface area contributed by atoms with Crippen molar-refractivity contribution in [2.24, 2.45) is 5.92 Å². The molecule has 45 heavy (non-hydrogen) atoms. The van der Waals surface area contributed by atoms with Gasteiger partial charge in [-0.2, -0.15) is 0 Å². The van der Waals surface area contributed by atoms with Crippen LogP contribution in [0.5, 0.6) is 0 Å². The molecule has 16 nitrogen and oxygen atoms in total. The lowest BCUT2D eigenvalue weighted by Gasteiger charge is -2.49. The van der Waals surface area contributed by atoms with Crippen molar-refractivity contribution in [3.63, 3.8) is 0 Å². The molecule has 2 aliphatic heterocycles. The first-order valence-corrected chi connectivity index (χ1v) is 14.4. The van der Waals surface area contributed by atoms with E-state index in [-0.39, 0.29) is 49.0 Å². The second kappa shape index (κ2) is 13.6. The molecule has 238 valence electrons. The van der Waals surface area contributed by atoms with Crippen molar-refractivity contribution in [3.8, 4) is 0 Å². The van der Waals surface area contributed by atoms with Gasteiger partial charge in [0.25, 0.3) is 11.4 Å². The van der Waals surface area contributed by atoms with Crippen molar-refractivity contribution in [1.82, 2.24) is 10.2 Å². The van der Waals surface area contributed by atoms with Gasteiger partial charge in [0.2, 0.25) is 5.91 Å². The molecule has 0 bridgehead atoms. The van der Waals surface area contributed by atoms with E-state index >= 15 is 0 Å². The zero-order valence-corrected chi connectivity index (χ0v) is 24.8. The second-order valence-corrected chi connectivity index (χ2v) is 11.7. The van der Waals surface area contributed by atoms with E-state index < -0.39 is 51.5 Å². The van der Waals surface area contributed by atoms with E-state index in [0.29, 0.717) is 16.0 Å². The number of thioether (sulfide) groups is 1. The van der Waals surface area contributed by atoms with Crippen LogP contribution in [0.2, 0.25) is 0 Å². The molecule has 0 aromatic heterocycles. The zero-order valence-electron chi connectivity index (χ0n) is 24.0. The van der Waals surface area contributed by atoms with Gasteiger partial charge in [0.1, 0.15) is 24.5 Å². The van der Waals surface area contributed by atoms with Crippen molar-refractivity contribution < 1.29 is 48.3 Å². The monoisotopic (exact) mass is 644 g/mol. The number of amides is 2. The molecular weight excluding hydrogens is 616 g/mol. The highest BCUT2D eigenvalue weighted by atomic mass is 32.2. The maximum absolute atomic E-state index is 13.1. The number of nitro benzene ring substituents is 2. The molecule has 2 aromatic rings. The lowest BCUT2D eigenvalue weighted by molar-refractivity contribution is -0.385. The Morgan fingerprint density at radius 2 is 1.51 bits per heavy atom. The summed E-state index contributed by atoms with van der Waals surface area (Å²) in [4.78, 5) is 71.6. The number of hydrogen-bond acceptors (Lipinski definition) is 12. The number of nitrogens with one attached hydrogen (secondary N) is 1. The molecular formula is C28H28N4O12S. The topological polar surface area (TPSA) is 218 Å². The summed E-state index contributed by atoms with van der Waals surface area (Å²) in [7, 11) is 0. The molecule has 0 aliphatic carbocycles. The van der Waals surface area contributed by atoms with Gasteiger partial charge in [-0.05, 0) is 49.2 Å². The third-order valence-corrected chi connectivity index (χ3v) is 8.20. The Morgan fingerprint density at radius 3 is 2.02 bits per heavy atom. The molecule has 1 fully saturated rings. The predicted molar refractivity (Wildman–Crippen MR) is 156 cm³/mol. The highest BCUT2D eigenvalue weighted by Gasteiger charge is 2.61. The predicted octanol–water partition coefficient (Wildman–Crippen LogP) is 4.12. The van der Waals surface area contributed by atoms with Crippen LogP contribution in [-0.4, -0.2) is 67.9 Å². The molecule has 2 heterocycles. The number of rotatable bonds is 13. The van der Waals surface area contributed by atoms with E-state index in [0.717, 1.165) is 11.8 Å². The molecule has 2 aliphatic rings. The van der Waals surface area contributed by atoms with E-state index in [2.05, 4.69) is 5.32 Å². The van der Waals surface area contributed by atoms with E-state index in [1.807, 2.05) is 0 Å². The average Bonchev–Trinajstić information content (AvgIpc) is 3.31. The molecule has 17 heteroatoms. The van der Waals surface area contributed by atoms with Crippen LogP contribution in [-0.2, 0) is 37.0 Å². The van der Waals surface area contributed by atoms with Gasteiger partial charge < -0.3 is 29.5 Å². The lowest BCUT2D eigenvalue weighted by Crippen LogP contribution is -2.66. The zero-order chi connectivity index (χ0) is 32.9. The number of nitro groups is 2. The number of hydrogen-bond donors (Lipinski definition) is 2. The molecule has 0 spiro atoms. The van der Waals surface area contributed by atoms with Gasteiger partial charge in [0.05, 0.1) is 21.8 Å². The fraction of sp³-hybridized carbons (Fsp3) is 0.357. The number of β-lactam (4-membered cyclic amide) rings is 1. The molecule has 2 aromatic carbocycles. The summed E-state index contributed by atoms with van der Waals surface area (Å²) in [5.41, 5.74) is -0.667. The van der Waals surface area contributed by atoms with Crippen LogP contribution >= 0.6 is 11.8 Å². The summed E-state index contributed by atoms with van der Waals surface area (Å²) >= 11 is 1.16. The Morgan fingerprint density at radius 1 is 0.978 bits per heavy atom. The SMILES string of the molecule is CC(C)(OC(=O)OCc1ccc([N+](=O)[O-])cc1)[C@@H]1C(=O)N2C(C(=O)O)=C(SCCNC(=O)OCc3ccc([N+](=O)[O-])cc3)C[C@H]12. The minimum atomic E-state index is -1.34. The molecule has 2 atom stereocenters. The van der Waals surface area contributed by atoms with Crippen molar-refractivity contribution in [2.45, 2.75) is 45.1 Å². The normalized spacial score (nSPS) is 17.2. The largest absolute Gasteiger partial charge is 0.509 e. The average molecular weight is 645 g/mol. The Kier molecular flexibility index (Phi) is 9.91. The quantitative estimate of drug-likeness (QED) is 0.103. The van der Waals surface area contributed by atoms with Gasteiger partial charge in [-0.25, -0.2) is 14.4 Å². The molecule has 2 N–H and O–H groups in total. The highest BCUT2D eigenvalue weighted by molar-refractivity contribution is 8.03. The standard InChI is InChI=1S/C28H28N4O12S/c1-28(2,44-27(37)43-15-17-5-9-19(10-6-17)32(40)41)22-20-13-21(23(25(34)35)30(20)24(22)33)45-12-11-29-26(36)42-14-16-3-7-18(8-4-16)31(38)39/h3-10,20,22H,11-15H2,1-2H3,(H,29,36)(H,34,35)/t20-,22+/m1/s1. The number of carboxylic acid groups (broad SMARTS) is 1. The van der Waals surface area contributed by atoms with E-state index in [4.69, 9.17) is 14.2 Å². The van der Waals surface area contributed by atoms with Crippen molar-refractivity contribution in [3.05, 3.63) is 90.5 Å². The Bertz CT molecular complexity index is 1540. The number of alkyl carbamates (subject to hydrolysis) is 1. The van der Waals surface area contributed by atoms with Crippen molar-refractivity contribution >= 4 is 47.3 Å². The van der Waals surface area contributed by atoms with Crippen LogP contribution in [0.4, 0.5) is 21.0 Å². The summed E-state index contributed by atoms with van der Waals surface area (Å²) in [5, 5.41) is 33.9. The van der Waals surface area contributed by atoms with Crippen molar-refractivity contribution in [2.75, 3.05) is 12.3 Å². The van der Waals surface area contributed by atoms with E-state index in [9.17, 15) is 44.5 Å². The first kappa shape index (κ1) is 32.7. The highest BCUT2D eigenvalue weighted by Crippen LogP contribution is 2.50. The molecule has 2 amide bonds. The van der Waals surface area contributed by atoms with Gasteiger partial charge >= 0.3 is 18.2 Å². The minimum Gasteiger partial charge on any atom is -0.477 e. The van der Waals surface area contributed by atoms with Crippen LogP contribution in [0.3, 0.4) is 0 Å². The maximum Gasteiger partial charge on any atom is 0.509 e. The first-order valence-electron chi connectivity index (χ1n) is 13.4. The number of non-ortho nitro benzene ring substituents is 2. The fourth-order valence-corrected chi connectivity index (χ4v) is 6.03. The van der Waals surface area contributed by atoms with Crippen LogP contribution in [0.15, 0.2) is 59.1 Å². The summed E-state index contributed by atoms with van der Waals surface area (Å²) in [6, 6.07) is 10.4. The summed E-state index contributed by atoms with van der Waals surface area (Å²) in [6.07, 6.45) is -1.58. The number of carbonyl (C=O) groups excluding carboxylic acids is 3. The fourth-order valence-electron chi connectivity index (χ4n) is 4.97. The van der Waals surface area contributed by atoms with Gasteiger partial charge in [-0.1, -0.05) is 0 Å². The number of carbonyl (C=O) groups is 4. The number of carboxylic acids is 1. The Balaban J connectivity index is 1.25.